The molecule has 0 unspecified atom stereocenters. The van der Waals surface area contributed by atoms with E-state index < -0.39 is 18.5 Å². The third-order valence-corrected chi connectivity index (χ3v) is 4.76. The lowest BCUT2D eigenvalue weighted by Gasteiger charge is -2.08. The Morgan fingerprint density at radius 1 is 1.03 bits per heavy atom. The largest absolute Gasteiger partial charge is 0.455 e. The monoisotopic (exact) mass is 420 g/mol. The minimum absolute atomic E-state index is 0.0178. The van der Waals surface area contributed by atoms with E-state index in [1.54, 1.807) is 28.9 Å². The molecule has 2 amide bonds. The Labute approximate surface area is 180 Å². The highest BCUT2D eigenvalue weighted by Crippen LogP contribution is 2.18. The van der Waals surface area contributed by atoms with Crippen LogP contribution in [0.2, 0.25) is 0 Å². The Hall–Kier alpha value is -3.94. The Kier molecular flexibility index (Phi) is 6.81. The fourth-order valence-electron chi connectivity index (χ4n) is 3.17. The number of hydrogen-bond acceptors (Lipinski definition) is 5. The van der Waals surface area contributed by atoms with Crippen LogP contribution in [0.3, 0.4) is 0 Å². The maximum atomic E-state index is 12.3. The molecule has 8 heteroatoms. The quantitative estimate of drug-likeness (QED) is 0.572. The molecule has 0 fully saturated rings. The topological polar surface area (TPSA) is 102 Å². The van der Waals surface area contributed by atoms with Crippen LogP contribution in [-0.4, -0.2) is 41.2 Å². The van der Waals surface area contributed by atoms with Gasteiger partial charge in [-0.1, -0.05) is 24.3 Å². The summed E-state index contributed by atoms with van der Waals surface area (Å²) in [5, 5.41) is 9.65. The van der Waals surface area contributed by atoms with E-state index in [2.05, 4.69) is 15.7 Å². The van der Waals surface area contributed by atoms with E-state index in [1.807, 2.05) is 44.2 Å². The lowest BCUT2D eigenvalue weighted by atomic mass is 10.1. The van der Waals surface area contributed by atoms with Gasteiger partial charge in [0.05, 0.1) is 17.8 Å². The van der Waals surface area contributed by atoms with Crippen LogP contribution < -0.4 is 10.6 Å². The van der Waals surface area contributed by atoms with Crippen LogP contribution in [0.25, 0.3) is 5.69 Å². The molecule has 0 radical (unpaired) electrons. The van der Waals surface area contributed by atoms with Crippen molar-refractivity contribution in [3.63, 3.8) is 0 Å². The van der Waals surface area contributed by atoms with Crippen molar-refractivity contribution in [2.24, 2.45) is 0 Å². The van der Waals surface area contributed by atoms with Crippen LogP contribution in [0.4, 0.5) is 5.69 Å². The van der Waals surface area contributed by atoms with E-state index in [0.717, 1.165) is 22.6 Å². The van der Waals surface area contributed by atoms with Gasteiger partial charge in [0.15, 0.2) is 6.61 Å². The number of rotatable bonds is 7. The number of benzene rings is 2. The number of nitrogens with one attached hydrogen (secondary N) is 2. The summed E-state index contributed by atoms with van der Waals surface area (Å²) in [7, 11) is 1.53. The normalized spacial score (nSPS) is 10.4. The van der Waals surface area contributed by atoms with Crippen LogP contribution >= 0.6 is 0 Å². The van der Waals surface area contributed by atoms with Gasteiger partial charge in [0.2, 0.25) is 0 Å². The van der Waals surface area contributed by atoms with E-state index in [-0.39, 0.29) is 12.3 Å². The van der Waals surface area contributed by atoms with Gasteiger partial charge >= 0.3 is 5.97 Å². The summed E-state index contributed by atoms with van der Waals surface area (Å²) in [5.41, 5.74) is 4.11. The molecule has 0 aliphatic heterocycles. The average Bonchev–Trinajstić information content (AvgIpc) is 3.06. The maximum absolute atomic E-state index is 12.3. The number of nitrogens with zero attached hydrogens (tertiary/aromatic N) is 2. The van der Waals surface area contributed by atoms with Crippen LogP contribution in [0.15, 0.2) is 54.6 Å². The van der Waals surface area contributed by atoms with Crippen molar-refractivity contribution in [1.29, 1.82) is 0 Å². The van der Waals surface area contributed by atoms with Gasteiger partial charge in [-0.15, -0.1) is 0 Å². The zero-order valence-electron chi connectivity index (χ0n) is 17.6. The SMILES string of the molecule is CNC(=O)c1cccc(NC(=O)COC(=O)Cc2c(C)nn(-c3ccccc3)c2C)c1. The number of aromatic nitrogens is 2. The number of ether oxygens (including phenoxy) is 1. The first-order valence-corrected chi connectivity index (χ1v) is 9.77. The number of hydrogen-bond donors (Lipinski definition) is 2. The second-order valence-corrected chi connectivity index (χ2v) is 6.94. The molecule has 0 aliphatic rings. The number of amides is 2. The van der Waals surface area contributed by atoms with E-state index >= 15 is 0 Å². The predicted molar refractivity (Wildman–Crippen MR) is 116 cm³/mol. The summed E-state index contributed by atoms with van der Waals surface area (Å²) in [6, 6.07) is 16.1. The smallest absolute Gasteiger partial charge is 0.310 e. The summed E-state index contributed by atoms with van der Waals surface area (Å²) in [6.45, 7) is 3.30. The predicted octanol–water partition coefficient (Wildman–Crippen LogP) is 2.57. The molecule has 0 saturated heterocycles. The van der Waals surface area contributed by atoms with Gasteiger partial charge in [-0.05, 0) is 44.2 Å². The second kappa shape index (κ2) is 9.71. The molecule has 0 atom stereocenters. The van der Waals surface area contributed by atoms with E-state index in [4.69, 9.17) is 4.74 Å². The van der Waals surface area contributed by atoms with Crippen molar-refractivity contribution >= 4 is 23.5 Å². The molecular formula is C23H24N4O4. The standard InChI is InChI=1S/C23H24N4O4/c1-15-20(16(2)27(26-15)19-10-5-4-6-11-19)13-22(29)31-14-21(28)25-18-9-7-8-17(12-18)23(30)24-3/h4-12H,13-14H2,1-3H3,(H,24,30)(H,25,28). The summed E-state index contributed by atoms with van der Waals surface area (Å²) in [6.07, 6.45) is 0.0178. The van der Waals surface area contributed by atoms with Gasteiger partial charge in [0.25, 0.3) is 11.8 Å². The Morgan fingerprint density at radius 3 is 2.48 bits per heavy atom. The molecule has 0 aliphatic carbocycles. The number of esters is 1. The first kappa shape index (κ1) is 21.8. The third-order valence-electron chi connectivity index (χ3n) is 4.76. The summed E-state index contributed by atoms with van der Waals surface area (Å²) >= 11 is 0. The third kappa shape index (κ3) is 5.36. The van der Waals surface area contributed by atoms with Crippen LogP contribution in [0, 0.1) is 13.8 Å². The zero-order chi connectivity index (χ0) is 22.4. The van der Waals surface area contributed by atoms with Crippen molar-refractivity contribution < 1.29 is 19.1 Å². The molecule has 1 aromatic heterocycles. The van der Waals surface area contributed by atoms with Crippen LogP contribution in [0.1, 0.15) is 27.3 Å². The molecule has 0 saturated carbocycles. The lowest BCUT2D eigenvalue weighted by Crippen LogP contribution is -2.22. The Morgan fingerprint density at radius 2 is 1.77 bits per heavy atom. The fraction of sp³-hybridized carbons (Fsp3) is 0.217. The van der Waals surface area contributed by atoms with E-state index in [9.17, 15) is 14.4 Å². The first-order chi connectivity index (χ1) is 14.9. The number of aryl methyl sites for hydroxylation is 1. The molecule has 0 spiro atoms. The van der Waals surface area contributed by atoms with E-state index in [1.165, 1.54) is 7.05 Å². The van der Waals surface area contributed by atoms with Gasteiger partial charge in [0.1, 0.15) is 0 Å². The molecule has 8 nitrogen and oxygen atoms in total. The molecule has 3 rings (SSSR count). The van der Waals surface area contributed by atoms with Gasteiger partial charge in [-0.3, -0.25) is 14.4 Å². The highest BCUT2D eigenvalue weighted by atomic mass is 16.5. The highest BCUT2D eigenvalue weighted by Gasteiger charge is 2.17. The number of anilines is 1. The minimum Gasteiger partial charge on any atom is -0.455 e. The minimum atomic E-state index is -0.520. The van der Waals surface area contributed by atoms with Crippen LogP contribution in [0.5, 0.6) is 0 Å². The highest BCUT2D eigenvalue weighted by molar-refractivity contribution is 5.97. The molecule has 31 heavy (non-hydrogen) atoms. The number of para-hydroxylation sites is 1. The fourth-order valence-corrected chi connectivity index (χ4v) is 3.17. The molecule has 2 aromatic carbocycles. The van der Waals surface area contributed by atoms with E-state index in [0.29, 0.717) is 11.3 Å². The average molecular weight is 420 g/mol. The number of carbonyl (C=O) groups excluding carboxylic acids is 3. The van der Waals surface area contributed by atoms with Crippen molar-refractivity contribution in [2.45, 2.75) is 20.3 Å². The van der Waals surface area contributed by atoms with Gasteiger partial charge in [0, 0.05) is 29.6 Å². The first-order valence-electron chi connectivity index (χ1n) is 9.77. The molecule has 0 bridgehead atoms. The lowest BCUT2D eigenvalue weighted by molar-refractivity contribution is -0.146. The Balaban J connectivity index is 1.58. The molecular weight excluding hydrogens is 396 g/mol. The molecule has 1 heterocycles. The zero-order valence-corrected chi connectivity index (χ0v) is 17.6. The van der Waals surface area contributed by atoms with Crippen molar-refractivity contribution in [2.75, 3.05) is 19.0 Å². The summed E-state index contributed by atoms with van der Waals surface area (Å²) < 4.78 is 6.92. The summed E-state index contributed by atoms with van der Waals surface area (Å²) in [5.74, 6) is -1.27. The number of carbonyl (C=O) groups is 3. The van der Waals surface area contributed by atoms with Gasteiger partial charge < -0.3 is 15.4 Å². The van der Waals surface area contributed by atoms with Crippen LogP contribution in [-0.2, 0) is 20.7 Å². The molecule has 160 valence electrons. The van der Waals surface area contributed by atoms with Crippen molar-refractivity contribution in [3.8, 4) is 5.69 Å². The molecule has 2 N–H and O–H groups in total. The Bertz CT molecular complexity index is 1110. The van der Waals surface area contributed by atoms with Gasteiger partial charge in [-0.25, -0.2) is 4.68 Å². The van der Waals surface area contributed by atoms with Crippen molar-refractivity contribution in [3.05, 3.63) is 77.1 Å². The van der Waals surface area contributed by atoms with Gasteiger partial charge in [-0.2, -0.15) is 5.10 Å². The second-order valence-electron chi connectivity index (χ2n) is 6.94. The maximum Gasteiger partial charge on any atom is 0.310 e. The van der Waals surface area contributed by atoms with Crippen molar-refractivity contribution in [1.82, 2.24) is 15.1 Å². The summed E-state index contributed by atoms with van der Waals surface area (Å²) in [4.78, 5) is 36.1. The molecule has 3 aromatic rings.